The first kappa shape index (κ1) is 12.2. The Bertz CT molecular complexity index is 611. The number of primary amides is 1. The molecule has 1 amide bonds. The lowest BCUT2D eigenvalue weighted by atomic mass is 9.97. The van der Waals surface area contributed by atoms with E-state index in [2.05, 4.69) is 21.9 Å². The second-order valence-corrected chi connectivity index (χ2v) is 5.27. The third-order valence-corrected chi connectivity index (χ3v) is 3.90. The molecule has 19 heavy (non-hydrogen) atoms. The standard InChI is InChI=1S/C14H18N4O/c1-18-7-5-9(6-8-18)14-16-11-4-2-3-10(13(15)19)12(11)17-14/h2-4,9H,5-8H2,1H3,(H2,15,19)(H,16,17). The van der Waals surface area contributed by atoms with Crippen molar-refractivity contribution in [2.75, 3.05) is 20.1 Å². The summed E-state index contributed by atoms with van der Waals surface area (Å²) in [5, 5.41) is 0. The first-order valence-electron chi connectivity index (χ1n) is 6.62. The molecule has 1 aromatic carbocycles. The van der Waals surface area contributed by atoms with E-state index >= 15 is 0 Å². The Hall–Kier alpha value is -1.88. The molecule has 0 atom stereocenters. The molecule has 0 spiro atoms. The molecule has 0 saturated carbocycles. The molecule has 1 aliphatic rings. The van der Waals surface area contributed by atoms with Crippen LogP contribution in [0, 0.1) is 0 Å². The quantitative estimate of drug-likeness (QED) is 0.856. The minimum absolute atomic E-state index is 0.424. The van der Waals surface area contributed by atoms with Crippen molar-refractivity contribution in [2.24, 2.45) is 5.73 Å². The molecule has 1 fully saturated rings. The lowest BCUT2D eigenvalue weighted by molar-refractivity contribution is 0.100. The highest BCUT2D eigenvalue weighted by Crippen LogP contribution is 2.27. The fourth-order valence-electron chi connectivity index (χ4n) is 2.73. The van der Waals surface area contributed by atoms with Gasteiger partial charge in [-0.25, -0.2) is 4.98 Å². The number of imidazole rings is 1. The molecule has 1 aliphatic heterocycles. The number of rotatable bonds is 2. The van der Waals surface area contributed by atoms with Crippen LogP contribution in [0.5, 0.6) is 0 Å². The summed E-state index contributed by atoms with van der Waals surface area (Å²) in [7, 11) is 2.14. The van der Waals surface area contributed by atoms with E-state index in [0.29, 0.717) is 17.0 Å². The monoisotopic (exact) mass is 258 g/mol. The van der Waals surface area contributed by atoms with Crippen LogP contribution in [0.25, 0.3) is 11.0 Å². The number of aromatic nitrogens is 2. The summed E-state index contributed by atoms with van der Waals surface area (Å²) < 4.78 is 0. The number of aromatic amines is 1. The number of fused-ring (bicyclic) bond motifs is 1. The minimum atomic E-state index is -0.424. The summed E-state index contributed by atoms with van der Waals surface area (Å²) in [5.74, 6) is 1.01. The Balaban J connectivity index is 1.98. The number of likely N-dealkylation sites (tertiary alicyclic amines) is 1. The van der Waals surface area contributed by atoms with Gasteiger partial charge in [-0.15, -0.1) is 0 Å². The van der Waals surface area contributed by atoms with Crippen molar-refractivity contribution < 1.29 is 4.79 Å². The van der Waals surface area contributed by atoms with Gasteiger partial charge in [-0.3, -0.25) is 4.79 Å². The van der Waals surface area contributed by atoms with E-state index in [9.17, 15) is 4.79 Å². The van der Waals surface area contributed by atoms with E-state index < -0.39 is 5.91 Å². The molecular weight excluding hydrogens is 240 g/mol. The van der Waals surface area contributed by atoms with Gasteiger partial charge in [0.1, 0.15) is 11.3 Å². The van der Waals surface area contributed by atoms with Crippen LogP contribution in [0.2, 0.25) is 0 Å². The van der Waals surface area contributed by atoms with E-state index in [4.69, 9.17) is 5.73 Å². The van der Waals surface area contributed by atoms with Crippen molar-refractivity contribution in [3.63, 3.8) is 0 Å². The highest BCUT2D eigenvalue weighted by atomic mass is 16.1. The largest absolute Gasteiger partial charge is 0.366 e. The van der Waals surface area contributed by atoms with E-state index in [1.54, 1.807) is 6.07 Å². The fourth-order valence-corrected chi connectivity index (χ4v) is 2.73. The summed E-state index contributed by atoms with van der Waals surface area (Å²) >= 11 is 0. The Kier molecular flexibility index (Phi) is 2.98. The summed E-state index contributed by atoms with van der Waals surface area (Å²) in [6.07, 6.45) is 2.20. The predicted octanol–water partition coefficient (Wildman–Crippen LogP) is 1.47. The van der Waals surface area contributed by atoms with Crippen molar-refractivity contribution in [3.05, 3.63) is 29.6 Å². The molecule has 0 unspecified atom stereocenters. The van der Waals surface area contributed by atoms with Crippen LogP contribution in [-0.4, -0.2) is 40.9 Å². The van der Waals surface area contributed by atoms with Crippen molar-refractivity contribution in [2.45, 2.75) is 18.8 Å². The van der Waals surface area contributed by atoms with Gasteiger partial charge in [0, 0.05) is 5.92 Å². The molecular formula is C14H18N4O. The van der Waals surface area contributed by atoms with Crippen LogP contribution in [0.4, 0.5) is 0 Å². The SMILES string of the molecule is CN1CCC(c2nc3c(C(N)=O)cccc3[nH]2)CC1. The van der Waals surface area contributed by atoms with Gasteiger partial charge in [0.2, 0.25) is 0 Å². The van der Waals surface area contributed by atoms with Crippen LogP contribution in [0.1, 0.15) is 34.9 Å². The molecule has 0 aliphatic carbocycles. The van der Waals surface area contributed by atoms with Crippen LogP contribution >= 0.6 is 0 Å². The molecule has 2 aromatic rings. The molecule has 1 aromatic heterocycles. The van der Waals surface area contributed by atoms with Gasteiger partial charge in [-0.2, -0.15) is 0 Å². The van der Waals surface area contributed by atoms with Crippen molar-refractivity contribution >= 4 is 16.9 Å². The van der Waals surface area contributed by atoms with Gasteiger partial charge >= 0.3 is 0 Å². The number of hydrogen-bond donors (Lipinski definition) is 2. The van der Waals surface area contributed by atoms with Crippen molar-refractivity contribution in [1.82, 2.24) is 14.9 Å². The number of carbonyl (C=O) groups is 1. The average molecular weight is 258 g/mol. The maximum absolute atomic E-state index is 11.4. The molecule has 3 N–H and O–H groups in total. The highest BCUT2D eigenvalue weighted by Gasteiger charge is 2.22. The average Bonchev–Trinajstić information content (AvgIpc) is 2.82. The number of carbonyl (C=O) groups excluding carboxylic acids is 1. The van der Waals surface area contributed by atoms with E-state index in [1.807, 2.05) is 12.1 Å². The number of nitrogens with one attached hydrogen (secondary N) is 1. The zero-order valence-electron chi connectivity index (χ0n) is 11.0. The second kappa shape index (κ2) is 4.66. The molecule has 100 valence electrons. The zero-order valence-corrected chi connectivity index (χ0v) is 11.0. The number of H-pyrrole nitrogens is 1. The topological polar surface area (TPSA) is 75.0 Å². The number of amides is 1. The maximum Gasteiger partial charge on any atom is 0.250 e. The normalized spacial score (nSPS) is 17.9. The second-order valence-electron chi connectivity index (χ2n) is 5.27. The first-order chi connectivity index (χ1) is 9.15. The zero-order chi connectivity index (χ0) is 13.4. The molecule has 2 heterocycles. The third-order valence-electron chi connectivity index (χ3n) is 3.90. The van der Waals surface area contributed by atoms with E-state index in [-0.39, 0.29) is 0 Å². The summed E-state index contributed by atoms with van der Waals surface area (Å²) in [4.78, 5) is 21.7. The molecule has 0 radical (unpaired) electrons. The van der Waals surface area contributed by atoms with Gasteiger partial charge in [0.05, 0.1) is 11.1 Å². The van der Waals surface area contributed by atoms with Crippen LogP contribution in [0.15, 0.2) is 18.2 Å². The molecule has 5 heteroatoms. The lowest BCUT2D eigenvalue weighted by Crippen LogP contribution is -2.29. The lowest BCUT2D eigenvalue weighted by Gasteiger charge is -2.27. The van der Waals surface area contributed by atoms with Crippen LogP contribution in [-0.2, 0) is 0 Å². The van der Waals surface area contributed by atoms with Crippen LogP contribution in [0.3, 0.4) is 0 Å². The summed E-state index contributed by atoms with van der Waals surface area (Å²) in [6, 6.07) is 5.50. The molecule has 3 rings (SSSR count). The Labute approximate surface area is 111 Å². The molecule has 0 bridgehead atoms. The van der Waals surface area contributed by atoms with Gasteiger partial charge in [-0.05, 0) is 45.1 Å². The van der Waals surface area contributed by atoms with Crippen molar-refractivity contribution in [3.8, 4) is 0 Å². The van der Waals surface area contributed by atoms with Crippen molar-refractivity contribution in [1.29, 1.82) is 0 Å². The van der Waals surface area contributed by atoms with Gasteiger partial charge in [0.15, 0.2) is 0 Å². The predicted molar refractivity (Wildman–Crippen MR) is 74.1 cm³/mol. The van der Waals surface area contributed by atoms with Crippen LogP contribution < -0.4 is 5.73 Å². The molecule has 1 saturated heterocycles. The molecule has 5 nitrogen and oxygen atoms in total. The van der Waals surface area contributed by atoms with E-state index in [1.165, 1.54) is 0 Å². The number of benzene rings is 1. The first-order valence-corrected chi connectivity index (χ1v) is 6.62. The Morgan fingerprint density at radius 1 is 1.42 bits per heavy atom. The number of hydrogen-bond acceptors (Lipinski definition) is 3. The number of nitrogens with zero attached hydrogens (tertiary/aromatic N) is 2. The highest BCUT2D eigenvalue weighted by molar-refractivity contribution is 6.04. The van der Waals surface area contributed by atoms with Gasteiger partial charge < -0.3 is 15.6 Å². The number of para-hydroxylation sites is 1. The third kappa shape index (κ3) is 2.21. The number of piperidine rings is 1. The summed E-state index contributed by atoms with van der Waals surface area (Å²) in [6.45, 7) is 2.18. The Morgan fingerprint density at radius 3 is 2.84 bits per heavy atom. The van der Waals surface area contributed by atoms with Gasteiger partial charge in [-0.1, -0.05) is 6.07 Å². The minimum Gasteiger partial charge on any atom is -0.366 e. The fraction of sp³-hybridized carbons (Fsp3) is 0.429. The van der Waals surface area contributed by atoms with E-state index in [0.717, 1.165) is 37.3 Å². The number of nitrogens with two attached hydrogens (primary N) is 1. The van der Waals surface area contributed by atoms with Gasteiger partial charge in [0.25, 0.3) is 5.91 Å². The Morgan fingerprint density at radius 2 is 2.16 bits per heavy atom. The maximum atomic E-state index is 11.4. The smallest absolute Gasteiger partial charge is 0.250 e. The summed E-state index contributed by atoms with van der Waals surface area (Å²) in [5.41, 5.74) is 7.47.